The van der Waals surface area contributed by atoms with Crippen LogP contribution < -0.4 is 0 Å². The molecule has 5 nitrogen and oxygen atoms in total. The number of amides is 1. The standard InChI is InChI=1S/C13H20N2O3/c1-9-12(18-10(2)14-9)13(17)15(7-8-16)11-5-3-4-6-11/h11,16H,3-8H2,1-2H3. The predicted molar refractivity (Wildman–Crippen MR) is 66.4 cm³/mol. The van der Waals surface area contributed by atoms with E-state index in [-0.39, 0.29) is 18.6 Å². The first-order chi connectivity index (χ1) is 8.63. The molecule has 1 heterocycles. The quantitative estimate of drug-likeness (QED) is 0.885. The summed E-state index contributed by atoms with van der Waals surface area (Å²) < 4.78 is 5.38. The number of aromatic nitrogens is 1. The van der Waals surface area contributed by atoms with Gasteiger partial charge in [0.1, 0.15) is 0 Å². The Morgan fingerprint density at radius 3 is 2.61 bits per heavy atom. The van der Waals surface area contributed by atoms with E-state index in [9.17, 15) is 4.79 Å². The molecule has 2 rings (SSSR count). The van der Waals surface area contributed by atoms with E-state index in [1.54, 1.807) is 18.7 Å². The van der Waals surface area contributed by atoms with E-state index in [2.05, 4.69) is 4.98 Å². The molecule has 5 heteroatoms. The van der Waals surface area contributed by atoms with Crippen molar-refractivity contribution in [1.82, 2.24) is 9.88 Å². The summed E-state index contributed by atoms with van der Waals surface area (Å²) in [6, 6.07) is 0.231. The minimum Gasteiger partial charge on any atom is -0.436 e. The number of oxazole rings is 1. The lowest BCUT2D eigenvalue weighted by molar-refractivity contribution is 0.0603. The molecule has 0 atom stereocenters. The van der Waals surface area contributed by atoms with Crippen molar-refractivity contribution in [3.63, 3.8) is 0 Å². The molecule has 0 bridgehead atoms. The molecular formula is C13H20N2O3. The highest BCUT2D eigenvalue weighted by atomic mass is 16.4. The second-order valence-electron chi connectivity index (χ2n) is 4.81. The molecule has 1 aliphatic rings. The number of hydrogen-bond donors (Lipinski definition) is 1. The van der Waals surface area contributed by atoms with Gasteiger partial charge in [0.2, 0.25) is 5.76 Å². The fourth-order valence-corrected chi connectivity index (χ4v) is 2.63. The van der Waals surface area contributed by atoms with Gasteiger partial charge in [-0.25, -0.2) is 4.98 Å². The van der Waals surface area contributed by atoms with Gasteiger partial charge in [0, 0.05) is 19.5 Å². The molecule has 0 aromatic carbocycles. The summed E-state index contributed by atoms with van der Waals surface area (Å²) in [5.74, 6) is 0.674. The van der Waals surface area contributed by atoms with Crippen molar-refractivity contribution in [2.24, 2.45) is 0 Å². The Labute approximate surface area is 107 Å². The molecule has 1 aromatic rings. The SMILES string of the molecule is Cc1nc(C)c(C(=O)N(CCO)C2CCCC2)o1. The topological polar surface area (TPSA) is 66.6 Å². The zero-order valence-corrected chi connectivity index (χ0v) is 11.0. The van der Waals surface area contributed by atoms with Gasteiger partial charge in [0.25, 0.3) is 5.91 Å². The van der Waals surface area contributed by atoms with Crippen LogP contribution in [-0.4, -0.2) is 40.1 Å². The Kier molecular flexibility index (Phi) is 4.01. The summed E-state index contributed by atoms with van der Waals surface area (Å²) in [5, 5.41) is 9.13. The van der Waals surface area contributed by atoms with Crippen LogP contribution in [0.3, 0.4) is 0 Å². The average Bonchev–Trinajstić information content (AvgIpc) is 2.95. The van der Waals surface area contributed by atoms with Crippen molar-refractivity contribution in [2.45, 2.75) is 45.6 Å². The highest BCUT2D eigenvalue weighted by Gasteiger charge is 2.30. The van der Waals surface area contributed by atoms with E-state index in [0.29, 0.717) is 23.9 Å². The molecule has 1 aromatic heterocycles. The van der Waals surface area contributed by atoms with E-state index < -0.39 is 0 Å². The maximum Gasteiger partial charge on any atom is 0.291 e. The van der Waals surface area contributed by atoms with E-state index in [1.807, 2.05) is 0 Å². The number of carbonyl (C=O) groups excluding carboxylic acids is 1. The van der Waals surface area contributed by atoms with Crippen molar-refractivity contribution in [2.75, 3.05) is 13.2 Å². The Morgan fingerprint density at radius 1 is 1.44 bits per heavy atom. The van der Waals surface area contributed by atoms with Gasteiger partial charge < -0.3 is 14.4 Å². The summed E-state index contributed by atoms with van der Waals surface area (Å²) in [5.41, 5.74) is 0.624. The summed E-state index contributed by atoms with van der Waals surface area (Å²) >= 11 is 0. The summed E-state index contributed by atoms with van der Waals surface area (Å²) in [7, 11) is 0. The van der Waals surface area contributed by atoms with Crippen LogP contribution in [0.5, 0.6) is 0 Å². The smallest absolute Gasteiger partial charge is 0.291 e. The highest BCUT2D eigenvalue weighted by molar-refractivity contribution is 5.92. The molecule has 0 spiro atoms. The third kappa shape index (κ3) is 2.56. The van der Waals surface area contributed by atoms with Crippen LogP contribution in [0.1, 0.15) is 47.8 Å². The monoisotopic (exact) mass is 252 g/mol. The van der Waals surface area contributed by atoms with E-state index >= 15 is 0 Å². The fraction of sp³-hybridized carbons (Fsp3) is 0.692. The molecule has 0 unspecified atom stereocenters. The lowest BCUT2D eigenvalue weighted by atomic mass is 10.2. The van der Waals surface area contributed by atoms with Crippen molar-refractivity contribution in [1.29, 1.82) is 0 Å². The largest absolute Gasteiger partial charge is 0.436 e. The van der Waals surface area contributed by atoms with Crippen LogP contribution in [0, 0.1) is 13.8 Å². The molecular weight excluding hydrogens is 232 g/mol. The third-order valence-electron chi connectivity index (χ3n) is 3.47. The summed E-state index contributed by atoms with van der Waals surface area (Å²) in [6.07, 6.45) is 4.32. The predicted octanol–water partition coefficient (Wildman–Crippen LogP) is 1.67. The maximum absolute atomic E-state index is 12.4. The van der Waals surface area contributed by atoms with Crippen LogP contribution in [0.4, 0.5) is 0 Å². The Balaban J connectivity index is 2.19. The van der Waals surface area contributed by atoms with Crippen LogP contribution in [0.15, 0.2) is 4.42 Å². The van der Waals surface area contributed by atoms with Crippen molar-refractivity contribution in [3.8, 4) is 0 Å². The fourth-order valence-electron chi connectivity index (χ4n) is 2.63. The van der Waals surface area contributed by atoms with Gasteiger partial charge in [-0.2, -0.15) is 0 Å². The maximum atomic E-state index is 12.4. The van der Waals surface area contributed by atoms with Crippen LogP contribution in [0.2, 0.25) is 0 Å². The molecule has 0 saturated heterocycles. The Morgan fingerprint density at radius 2 is 2.11 bits per heavy atom. The first-order valence-corrected chi connectivity index (χ1v) is 6.49. The number of nitrogens with zero attached hydrogens (tertiary/aromatic N) is 2. The first kappa shape index (κ1) is 13.1. The molecule has 0 aliphatic heterocycles. The second kappa shape index (κ2) is 5.52. The molecule has 1 amide bonds. The Bertz CT molecular complexity index is 422. The minimum atomic E-state index is -0.144. The number of aliphatic hydroxyl groups excluding tert-OH is 1. The molecule has 18 heavy (non-hydrogen) atoms. The number of aliphatic hydroxyl groups is 1. The van der Waals surface area contributed by atoms with E-state index in [4.69, 9.17) is 9.52 Å². The number of aryl methyl sites for hydroxylation is 2. The zero-order chi connectivity index (χ0) is 13.1. The van der Waals surface area contributed by atoms with Crippen LogP contribution in [-0.2, 0) is 0 Å². The van der Waals surface area contributed by atoms with Gasteiger partial charge in [-0.3, -0.25) is 4.79 Å². The van der Waals surface area contributed by atoms with Gasteiger partial charge in [0.05, 0.1) is 12.3 Å². The Hall–Kier alpha value is -1.36. The first-order valence-electron chi connectivity index (χ1n) is 6.49. The normalized spacial score (nSPS) is 16.2. The van der Waals surface area contributed by atoms with Crippen LogP contribution in [0.25, 0.3) is 0 Å². The van der Waals surface area contributed by atoms with Gasteiger partial charge in [0.15, 0.2) is 5.89 Å². The molecule has 100 valence electrons. The molecule has 1 fully saturated rings. The summed E-state index contributed by atoms with van der Waals surface area (Å²) in [6.45, 7) is 3.85. The van der Waals surface area contributed by atoms with Crippen molar-refractivity contribution < 1.29 is 14.3 Å². The van der Waals surface area contributed by atoms with Gasteiger partial charge in [-0.1, -0.05) is 12.8 Å². The average molecular weight is 252 g/mol. The van der Waals surface area contributed by atoms with Crippen molar-refractivity contribution in [3.05, 3.63) is 17.3 Å². The molecule has 1 aliphatic carbocycles. The second-order valence-corrected chi connectivity index (χ2v) is 4.81. The van der Waals surface area contributed by atoms with Crippen LogP contribution >= 0.6 is 0 Å². The number of hydrogen-bond acceptors (Lipinski definition) is 4. The molecule has 0 radical (unpaired) electrons. The van der Waals surface area contributed by atoms with E-state index in [1.165, 1.54) is 0 Å². The van der Waals surface area contributed by atoms with Crippen molar-refractivity contribution >= 4 is 5.91 Å². The van der Waals surface area contributed by atoms with E-state index in [0.717, 1.165) is 25.7 Å². The third-order valence-corrected chi connectivity index (χ3v) is 3.47. The lowest BCUT2D eigenvalue weighted by Gasteiger charge is -2.27. The number of carbonyl (C=O) groups is 1. The summed E-state index contributed by atoms with van der Waals surface area (Å²) in [4.78, 5) is 18.3. The molecule has 1 N–H and O–H groups in total. The van der Waals surface area contributed by atoms with Gasteiger partial charge in [-0.15, -0.1) is 0 Å². The molecule has 1 saturated carbocycles. The minimum absolute atomic E-state index is 0.0194. The van der Waals surface area contributed by atoms with Gasteiger partial charge in [-0.05, 0) is 19.8 Å². The number of rotatable bonds is 4. The lowest BCUT2D eigenvalue weighted by Crippen LogP contribution is -2.40. The van der Waals surface area contributed by atoms with Gasteiger partial charge >= 0.3 is 0 Å². The highest BCUT2D eigenvalue weighted by Crippen LogP contribution is 2.25. The zero-order valence-electron chi connectivity index (χ0n) is 11.0.